The molecule has 6 heteroatoms. The first-order valence-corrected chi connectivity index (χ1v) is 10.6. The van der Waals surface area contributed by atoms with Crippen LogP contribution >= 0.6 is 35.6 Å². The Morgan fingerprint density at radius 2 is 1.31 bits per heavy atom. The van der Waals surface area contributed by atoms with Gasteiger partial charge in [0, 0.05) is 32.4 Å². The number of hydrogen-bond acceptors (Lipinski definition) is 3. The van der Waals surface area contributed by atoms with Crippen molar-refractivity contribution in [1.29, 1.82) is 0 Å². The summed E-state index contributed by atoms with van der Waals surface area (Å²) in [5.74, 6) is 0.629. The van der Waals surface area contributed by atoms with Crippen LogP contribution in [0.5, 0.6) is 0 Å². The van der Waals surface area contributed by atoms with E-state index in [2.05, 4.69) is 0 Å². The number of halogens is 3. The molecule has 1 heterocycles. The second-order valence-electron chi connectivity index (χ2n) is 7.31. The minimum absolute atomic E-state index is 0. The highest BCUT2D eigenvalue weighted by Crippen LogP contribution is 2.46. The molecule has 1 aliphatic heterocycles. The Morgan fingerprint density at radius 1 is 0.719 bits per heavy atom. The van der Waals surface area contributed by atoms with Crippen molar-refractivity contribution < 1.29 is 5.11 Å². The summed E-state index contributed by atoms with van der Waals surface area (Å²) in [5.41, 5.74) is 2.08. The number of aliphatic hydroxyl groups is 1. The predicted molar refractivity (Wildman–Crippen MR) is 135 cm³/mol. The maximum atomic E-state index is 12.5. The molecule has 3 nitrogen and oxygen atoms in total. The molecule has 1 N–H and O–H groups in total. The standard InChI is InChI=1S/C26H18Cl2N2O.ClH/c27-20-11-14-22(15-12-20)30-25(18-7-3-1-4-8-18)29-24-16-13-21(28)17-23(24)26(30,31)19-9-5-2-6-10-19;/h1-17,31H;1H. The van der Waals surface area contributed by atoms with Crippen LogP contribution in [0.1, 0.15) is 16.7 Å². The molecule has 0 aromatic heterocycles. The summed E-state index contributed by atoms with van der Waals surface area (Å²) in [7, 11) is 0. The Labute approximate surface area is 203 Å². The number of nitrogens with zero attached hydrogens (tertiary/aromatic N) is 2. The van der Waals surface area contributed by atoms with E-state index in [9.17, 15) is 5.11 Å². The second-order valence-corrected chi connectivity index (χ2v) is 8.19. The van der Waals surface area contributed by atoms with Crippen LogP contribution in [0.15, 0.2) is 108 Å². The van der Waals surface area contributed by atoms with Crippen LogP contribution in [0.2, 0.25) is 10.0 Å². The highest BCUT2D eigenvalue weighted by atomic mass is 35.5. The van der Waals surface area contributed by atoms with Gasteiger partial charge in [0.1, 0.15) is 5.84 Å². The average molecular weight is 482 g/mol. The van der Waals surface area contributed by atoms with Crippen LogP contribution in [-0.4, -0.2) is 10.9 Å². The van der Waals surface area contributed by atoms with Crippen molar-refractivity contribution in [2.75, 3.05) is 4.90 Å². The quantitative estimate of drug-likeness (QED) is 0.336. The van der Waals surface area contributed by atoms with Crippen molar-refractivity contribution in [2.45, 2.75) is 5.72 Å². The summed E-state index contributed by atoms with van der Waals surface area (Å²) in [4.78, 5) is 6.79. The van der Waals surface area contributed by atoms with Gasteiger partial charge in [0.2, 0.25) is 0 Å². The third-order valence-corrected chi connectivity index (χ3v) is 5.88. The first kappa shape index (κ1) is 22.4. The van der Waals surface area contributed by atoms with Crippen LogP contribution in [0.25, 0.3) is 0 Å². The Balaban J connectivity index is 0.00000245. The Kier molecular flexibility index (Phi) is 6.27. The van der Waals surface area contributed by atoms with Gasteiger partial charge in [-0.15, -0.1) is 12.4 Å². The van der Waals surface area contributed by atoms with Gasteiger partial charge >= 0.3 is 0 Å². The highest BCUT2D eigenvalue weighted by Gasteiger charge is 2.46. The van der Waals surface area contributed by atoms with E-state index in [1.165, 1.54) is 0 Å². The minimum Gasteiger partial charge on any atom is -0.363 e. The molecule has 160 valence electrons. The summed E-state index contributed by atoms with van der Waals surface area (Å²) in [6.07, 6.45) is 0. The van der Waals surface area contributed by atoms with E-state index in [0.29, 0.717) is 32.7 Å². The van der Waals surface area contributed by atoms with E-state index in [-0.39, 0.29) is 12.4 Å². The summed E-state index contributed by atoms with van der Waals surface area (Å²) in [5, 5.41) is 13.6. The number of aliphatic imine (C=N–C) groups is 1. The third kappa shape index (κ3) is 3.78. The SMILES string of the molecule is Cl.OC1(c2ccccc2)c2cc(Cl)ccc2N=C(c2ccccc2)N1c1ccc(Cl)cc1. The first-order valence-electron chi connectivity index (χ1n) is 9.85. The molecule has 0 radical (unpaired) electrons. The van der Waals surface area contributed by atoms with Crippen molar-refractivity contribution in [3.05, 3.63) is 130 Å². The molecule has 0 fully saturated rings. The molecule has 5 rings (SSSR count). The lowest BCUT2D eigenvalue weighted by atomic mass is 9.88. The van der Waals surface area contributed by atoms with Gasteiger partial charge in [-0.05, 0) is 42.5 Å². The maximum Gasteiger partial charge on any atom is 0.199 e. The zero-order valence-electron chi connectivity index (χ0n) is 16.8. The fourth-order valence-electron chi connectivity index (χ4n) is 3.96. The summed E-state index contributed by atoms with van der Waals surface area (Å²) >= 11 is 12.5. The smallest absolute Gasteiger partial charge is 0.199 e. The van der Waals surface area contributed by atoms with Gasteiger partial charge in [0.25, 0.3) is 0 Å². The molecule has 1 aliphatic rings. The summed E-state index contributed by atoms with van der Waals surface area (Å²) in [6.45, 7) is 0. The van der Waals surface area contributed by atoms with Crippen LogP contribution in [0, 0.1) is 0 Å². The molecule has 0 bridgehead atoms. The lowest BCUT2D eigenvalue weighted by Crippen LogP contribution is -2.53. The molecule has 1 atom stereocenters. The van der Waals surface area contributed by atoms with E-state index in [1.807, 2.05) is 83.8 Å². The molecule has 1 unspecified atom stereocenters. The van der Waals surface area contributed by atoms with Gasteiger partial charge in [-0.1, -0.05) is 83.9 Å². The van der Waals surface area contributed by atoms with E-state index in [0.717, 1.165) is 11.3 Å². The average Bonchev–Trinajstić information content (AvgIpc) is 2.81. The fourth-order valence-corrected chi connectivity index (χ4v) is 4.26. The lowest BCUT2D eigenvalue weighted by molar-refractivity contribution is 0.0902. The number of fused-ring (bicyclic) bond motifs is 1. The van der Waals surface area contributed by atoms with Crippen LogP contribution in [0.3, 0.4) is 0 Å². The molecular weight excluding hydrogens is 463 g/mol. The van der Waals surface area contributed by atoms with E-state index in [4.69, 9.17) is 28.2 Å². The number of anilines is 1. The molecule has 0 saturated heterocycles. The molecule has 0 spiro atoms. The van der Waals surface area contributed by atoms with E-state index >= 15 is 0 Å². The zero-order valence-corrected chi connectivity index (χ0v) is 19.1. The van der Waals surface area contributed by atoms with Gasteiger partial charge < -0.3 is 5.11 Å². The van der Waals surface area contributed by atoms with Crippen LogP contribution in [0.4, 0.5) is 11.4 Å². The summed E-state index contributed by atoms with van der Waals surface area (Å²) in [6, 6.07) is 32.1. The second kappa shape index (κ2) is 8.97. The van der Waals surface area contributed by atoms with Crippen molar-refractivity contribution in [3.63, 3.8) is 0 Å². The molecule has 0 aliphatic carbocycles. The first-order chi connectivity index (χ1) is 15.1. The third-order valence-electron chi connectivity index (χ3n) is 5.39. The van der Waals surface area contributed by atoms with Gasteiger partial charge in [-0.2, -0.15) is 0 Å². The van der Waals surface area contributed by atoms with Crippen molar-refractivity contribution in [2.24, 2.45) is 4.99 Å². The predicted octanol–water partition coefficient (Wildman–Crippen LogP) is 7.21. The molecule has 32 heavy (non-hydrogen) atoms. The van der Waals surface area contributed by atoms with Crippen molar-refractivity contribution in [1.82, 2.24) is 0 Å². The fraction of sp³-hybridized carbons (Fsp3) is 0.0385. The summed E-state index contributed by atoms with van der Waals surface area (Å²) < 4.78 is 0. The Hall–Kier alpha value is -2.82. The molecule has 4 aromatic carbocycles. The Bertz CT molecular complexity index is 1260. The van der Waals surface area contributed by atoms with Gasteiger partial charge in [0.05, 0.1) is 5.69 Å². The zero-order chi connectivity index (χ0) is 21.4. The lowest BCUT2D eigenvalue weighted by Gasteiger charge is -2.45. The normalized spacial score (nSPS) is 17.2. The maximum absolute atomic E-state index is 12.5. The topological polar surface area (TPSA) is 35.8 Å². The van der Waals surface area contributed by atoms with Crippen LogP contribution in [-0.2, 0) is 5.72 Å². The number of rotatable bonds is 3. The number of hydrogen-bond donors (Lipinski definition) is 1. The molecule has 0 amide bonds. The van der Waals surface area contributed by atoms with Crippen molar-refractivity contribution >= 4 is 52.8 Å². The van der Waals surface area contributed by atoms with Crippen molar-refractivity contribution in [3.8, 4) is 0 Å². The molecular formula is C26H19Cl3N2O. The van der Waals surface area contributed by atoms with Gasteiger partial charge in [-0.3, -0.25) is 4.90 Å². The van der Waals surface area contributed by atoms with Gasteiger partial charge in [0.15, 0.2) is 5.72 Å². The molecule has 4 aromatic rings. The van der Waals surface area contributed by atoms with E-state index in [1.54, 1.807) is 24.3 Å². The monoisotopic (exact) mass is 480 g/mol. The number of benzene rings is 4. The highest BCUT2D eigenvalue weighted by molar-refractivity contribution is 6.31. The minimum atomic E-state index is -1.54. The van der Waals surface area contributed by atoms with Gasteiger partial charge in [-0.25, -0.2) is 4.99 Å². The largest absolute Gasteiger partial charge is 0.363 e. The Morgan fingerprint density at radius 3 is 1.97 bits per heavy atom. The van der Waals surface area contributed by atoms with Crippen LogP contribution < -0.4 is 4.90 Å². The number of amidine groups is 1. The molecule has 0 saturated carbocycles. The van der Waals surface area contributed by atoms with E-state index < -0.39 is 5.72 Å².